The summed E-state index contributed by atoms with van der Waals surface area (Å²) in [5, 5.41) is 50.0. The average Bonchev–Trinajstić information content (AvgIpc) is 3.19. The Morgan fingerprint density at radius 1 is 0.561 bits per heavy atom. The lowest BCUT2D eigenvalue weighted by atomic mass is 9.85. The second kappa shape index (κ2) is 33.4. The molecule has 1 aliphatic rings. The third kappa shape index (κ3) is 26.3. The maximum Gasteiger partial charge on any atom is 0.472 e. The lowest BCUT2D eigenvalue weighted by Crippen LogP contribution is -2.64. The highest BCUT2D eigenvalue weighted by Crippen LogP contribution is 2.47. The number of esters is 2. The van der Waals surface area contributed by atoms with Crippen molar-refractivity contribution in [2.45, 2.75) is 185 Å². The monoisotopic (exact) mass is 828 g/mol. The van der Waals surface area contributed by atoms with E-state index in [4.69, 9.17) is 18.5 Å². The lowest BCUT2D eigenvalue weighted by molar-refractivity contribution is -0.220. The first-order valence-corrected chi connectivity index (χ1v) is 22.6. The van der Waals surface area contributed by atoms with Crippen LogP contribution in [0.5, 0.6) is 0 Å². The zero-order valence-electron chi connectivity index (χ0n) is 34.4. The van der Waals surface area contributed by atoms with Gasteiger partial charge in [-0.3, -0.25) is 18.6 Å². The first kappa shape index (κ1) is 52.6. The first-order chi connectivity index (χ1) is 27.4. The van der Waals surface area contributed by atoms with E-state index < -0.39 is 75.7 Å². The summed E-state index contributed by atoms with van der Waals surface area (Å²) in [6, 6.07) is 0. The minimum Gasteiger partial charge on any atom is -0.462 e. The molecule has 328 valence electrons. The van der Waals surface area contributed by atoms with Crippen LogP contribution in [0.1, 0.15) is 142 Å². The Bertz CT molecular complexity index is 1230. The number of carbonyl (C=O) groups is 2. The Kier molecular flexibility index (Phi) is 30.8. The van der Waals surface area contributed by atoms with Crippen LogP contribution in [0.4, 0.5) is 0 Å². The van der Waals surface area contributed by atoms with E-state index in [9.17, 15) is 44.6 Å². The average molecular weight is 829 g/mol. The van der Waals surface area contributed by atoms with Gasteiger partial charge < -0.3 is 39.9 Å². The molecule has 6 unspecified atom stereocenters. The third-order valence-electron chi connectivity index (χ3n) is 9.34. The molecule has 13 nitrogen and oxygen atoms in total. The van der Waals surface area contributed by atoms with Crippen molar-refractivity contribution in [3.05, 3.63) is 60.8 Å². The molecule has 1 fully saturated rings. The molecule has 1 saturated carbocycles. The molecule has 8 atom stereocenters. The van der Waals surface area contributed by atoms with Gasteiger partial charge in [-0.25, -0.2) is 4.57 Å². The number of hydrogen-bond acceptors (Lipinski definition) is 12. The third-order valence-corrected chi connectivity index (χ3v) is 10.3. The molecular formula is C43H73O13P. The first-order valence-electron chi connectivity index (χ1n) is 21.1. The van der Waals surface area contributed by atoms with E-state index in [1.807, 2.05) is 6.08 Å². The number of hydrogen-bond donors (Lipinski definition) is 6. The van der Waals surface area contributed by atoms with Crippen molar-refractivity contribution in [2.75, 3.05) is 13.2 Å². The molecule has 57 heavy (non-hydrogen) atoms. The number of carbonyl (C=O) groups excluding carboxylic acids is 2. The van der Waals surface area contributed by atoms with E-state index in [1.54, 1.807) is 0 Å². The van der Waals surface area contributed by atoms with Crippen molar-refractivity contribution in [3.8, 4) is 0 Å². The maximum absolute atomic E-state index is 12.8. The minimum absolute atomic E-state index is 0.0402. The van der Waals surface area contributed by atoms with Crippen molar-refractivity contribution in [1.82, 2.24) is 0 Å². The van der Waals surface area contributed by atoms with Crippen LogP contribution in [0.3, 0.4) is 0 Å². The van der Waals surface area contributed by atoms with Crippen LogP contribution < -0.4 is 0 Å². The van der Waals surface area contributed by atoms with Crippen molar-refractivity contribution in [2.24, 2.45) is 0 Å². The lowest BCUT2D eigenvalue weighted by Gasteiger charge is -2.41. The van der Waals surface area contributed by atoms with Crippen molar-refractivity contribution in [3.63, 3.8) is 0 Å². The van der Waals surface area contributed by atoms with Gasteiger partial charge in [0.2, 0.25) is 0 Å². The summed E-state index contributed by atoms with van der Waals surface area (Å²) in [6.07, 6.45) is 25.7. The highest BCUT2D eigenvalue weighted by molar-refractivity contribution is 7.47. The van der Waals surface area contributed by atoms with E-state index in [0.29, 0.717) is 19.3 Å². The summed E-state index contributed by atoms with van der Waals surface area (Å²) in [5.41, 5.74) is 0. The molecule has 0 aromatic carbocycles. The zero-order chi connectivity index (χ0) is 42.2. The Morgan fingerprint density at radius 3 is 1.58 bits per heavy atom. The predicted octanol–water partition coefficient (Wildman–Crippen LogP) is 7.38. The van der Waals surface area contributed by atoms with Gasteiger partial charge in [0.15, 0.2) is 6.10 Å². The molecule has 0 radical (unpaired) electrons. The molecule has 1 aliphatic carbocycles. The Balaban J connectivity index is 2.55. The van der Waals surface area contributed by atoms with Gasteiger partial charge in [0.25, 0.3) is 0 Å². The molecular weight excluding hydrogens is 755 g/mol. The Labute approximate surface area is 341 Å². The number of unbranched alkanes of at least 4 members (excludes halogenated alkanes) is 11. The predicted molar refractivity (Wildman–Crippen MR) is 221 cm³/mol. The van der Waals surface area contributed by atoms with Crippen molar-refractivity contribution in [1.29, 1.82) is 0 Å². The Hall–Kier alpha value is -2.45. The van der Waals surface area contributed by atoms with Crippen LogP contribution in [-0.4, -0.2) is 98.3 Å². The van der Waals surface area contributed by atoms with Gasteiger partial charge in [-0.15, -0.1) is 0 Å². The number of phosphoric ester groups is 1. The van der Waals surface area contributed by atoms with Crippen LogP contribution in [0.2, 0.25) is 0 Å². The van der Waals surface area contributed by atoms with E-state index >= 15 is 0 Å². The number of allylic oxidation sites excluding steroid dienone is 10. The molecule has 14 heteroatoms. The van der Waals surface area contributed by atoms with Crippen LogP contribution in [0.15, 0.2) is 60.8 Å². The van der Waals surface area contributed by atoms with E-state index in [0.717, 1.165) is 70.6 Å². The zero-order valence-corrected chi connectivity index (χ0v) is 35.3. The summed E-state index contributed by atoms with van der Waals surface area (Å²) in [6.45, 7) is 3.10. The van der Waals surface area contributed by atoms with Gasteiger partial charge in [-0.05, 0) is 77.0 Å². The summed E-state index contributed by atoms with van der Waals surface area (Å²) < 4.78 is 33.4. The molecule has 0 aromatic rings. The van der Waals surface area contributed by atoms with Crippen LogP contribution in [-0.2, 0) is 32.7 Å². The highest BCUT2D eigenvalue weighted by atomic mass is 31.2. The molecule has 0 spiro atoms. The second-order valence-electron chi connectivity index (χ2n) is 14.5. The fourth-order valence-corrected chi connectivity index (χ4v) is 6.89. The largest absolute Gasteiger partial charge is 0.472 e. The van der Waals surface area contributed by atoms with E-state index in [1.165, 1.54) is 25.7 Å². The number of aliphatic hydroxyl groups is 5. The SMILES string of the molecule is CC/C=C\C/C=C\C/C=C\C/C=C\CCCCC(=O)O[C@H](COC(=O)CCCCCCC/C=C\CCCCCC)COP(=O)(O)OC1C(O)C(O)C(O)[C@@H](O)C1O. The normalized spacial score (nSPS) is 23.3. The van der Waals surface area contributed by atoms with E-state index in [-0.39, 0.29) is 12.8 Å². The maximum atomic E-state index is 12.8. The summed E-state index contributed by atoms with van der Waals surface area (Å²) >= 11 is 0. The molecule has 0 aromatic heterocycles. The highest BCUT2D eigenvalue weighted by Gasteiger charge is 2.51. The van der Waals surface area contributed by atoms with Crippen LogP contribution >= 0.6 is 7.82 Å². The molecule has 0 heterocycles. The van der Waals surface area contributed by atoms with E-state index in [2.05, 4.69) is 68.5 Å². The summed E-state index contributed by atoms with van der Waals surface area (Å²) in [4.78, 5) is 35.5. The van der Waals surface area contributed by atoms with Gasteiger partial charge in [-0.2, -0.15) is 0 Å². The van der Waals surface area contributed by atoms with Gasteiger partial charge >= 0.3 is 19.8 Å². The molecule has 0 saturated heterocycles. The molecule has 0 aliphatic heterocycles. The van der Waals surface area contributed by atoms with Crippen LogP contribution in [0.25, 0.3) is 0 Å². The minimum atomic E-state index is -5.13. The standard InChI is InChI=1S/C43H73O13P/c1-3-5-7-9-11-13-15-17-18-20-22-24-26-28-30-32-37(45)55-35(34-54-57(51,52)56-43-41(49)39(47)38(46)40(48)42(43)50)33-53-36(44)31-29-27-25-23-21-19-16-14-12-10-8-6-4-2/h5,7,11,13-14,16-18,22,24,35,38-43,46-50H,3-4,6,8-10,12,15,19-21,23,25-34H2,1-2H3,(H,51,52)/b7-5-,13-11-,16-14-,18-17-,24-22-/t35-,38?,39-,40?,41?,42?,43?/m1/s1. The smallest absolute Gasteiger partial charge is 0.462 e. The fraction of sp³-hybridized carbons (Fsp3) is 0.721. The van der Waals surface area contributed by atoms with Crippen molar-refractivity contribution >= 4 is 19.8 Å². The fourth-order valence-electron chi connectivity index (χ4n) is 5.92. The quantitative estimate of drug-likeness (QED) is 0.0165. The molecule has 6 N–H and O–H groups in total. The van der Waals surface area contributed by atoms with Crippen molar-refractivity contribution < 1.29 is 63.1 Å². The molecule has 1 rings (SSSR count). The summed E-state index contributed by atoms with van der Waals surface area (Å²) in [7, 11) is -5.13. The van der Waals surface area contributed by atoms with Gasteiger partial charge in [0, 0.05) is 12.8 Å². The number of aliphatic hydroxyl groups excluding tert-OH is 5. The Morgan fingerprint density at radius 2 is 1.00 bits per heavy atom. The molecule has 0 amide bonds. The summed E-state index contributed by atoms with van der Waals surface area (Å²) in [5.74, 6) is -1.17. The van der Waals surface area contributed by atoms with Gasteiger partial charge in [-0.1, -0.05) is 113 Å². The van der Waals surface area contributed by atoms with Crippen LogP contribution in [0, 0.1) is 0 Å². The topological polar surface area (TPSA) is 210 Å². The second-order valence-corrected chi connectivity index (χ2v) is 15.9. The number of phosphoric acid groups is 1. The molecule has 0 bridgehead atoms. The van der Waals surface area contributed by atoms with Gasteiger partial charge in [0.1, 0.15) is 43.2 Å². The number of ether oxygens (including phenoxy) is 2. The number of rotatable bonds is 33. The van der Waals surface area contributed by atoms with Gasteiger partial charge in [0.05, 0.1) is 6.61 Å².